The number of halogens is 2. The first-order chi connectivity index (χ1) is 9.06. The fourth-order valence-electron chi connectivity index (χ4n) is 1.40. The Morgan fingerprint density at radius 1 is 1.37 bits per heavy atom. The van der Waals surface area contributed by atoms with E-state index in [9.17, 15) is 14.3 Å². The van der Waals surface area contributed by atoms with Crippen LogP contribution in [0, 0.1) is 5.82 Å². The zero-order valence-electron chi connectivity index (χ0n) is 9.64. The Kier molecular flexibility index (Phi) is 4.55. The van der Waals surface area contributed by atoms with Gasteiger partial charge in [-0.1, -0.05) is 11.8 Å². The summed E-state index contributed by atoms with van der Waals surface area (Å²) in [6, 6.07) is 6.90. The van der Waals surface area contributed by atoms with Gasteiger partial charge in [0.25, 0.3) is 0 Å². The summed E-state index contributed by atoms with van der Waals surface area (Å²) in [4.78, 5) is 16.0. The number of carbonyl (C=O) groups excluding carboxylic acids is 1. The van der Waals surface area contributed by atoms with Crippen LogP contribution in [0.5, 0.6) is 5.75 Å². The van der Waals surface area contributed by atoms with Crippen LogP contribution in [0.4, 0.5) is 4.39 Å². The molecule has 98 valence electrons. The van der Waals surface area contributed by atoms with Crippen molar-refractivity contribution in [1.29, 1.82) is 0 Å². The lowest BCUT2D eigenvalue weighted by molar-refractivity contribution is 0.101. The van der Waals surface area contributed by atoms with Crippen LogP contribution in [0.15, 0.2) is 46.0 Å². The van der Waals surface area contributed by atoms with Crippen LogP contribution in [0.1, 0.15) is 10.4 Å². The average Bonchev–Trinajstić information content (AvgIpc) is 2.40. The van der Waals surface area contributed by atoms with E-state index in [2.05, 4.69) is 20.9 Å². The number of aromatic hydroxyl groups is 1. The van der Waals surface area contributed by atoms with Crippen molar-refractivity contribution < 1.29 is 14.3 Å². The molecule has 1 aromatic carbocycles. The maximum atomic E-state index is 13.0. The average molecular weight is 342 g/mol. The summed E-state index contributed by atoms with van der Waals surface area (Å²) in [6.45, 7) is 0. The molecule has 19 heavy (non-hydrogen) atoms. The molecular formula is C13H9BrFNO2S. The molecule has 0 amide bonds. The minimum absolute atomic E-state index is 0.00962. The van der Waals surface area contributed by atoms with Crippen molar-refractivity contribution in [2.75, 3.05) is 5.75 Å². The highest BCUT2D eigenvalue weighted by Gasteiger charge is 2.13. The van der Waals surface area contributed by atoms with Gasteiger partial charge < -0.3 is 5.11 Å². The summed E-state index contributed by atoms with van der Waals surface area (Å²) in [5.41, 5.74) is -0.00962. The van der Waals surface area contributed by atoms with Gasteiger partial charge in [-0.3, -0.25) is 4.79 Å². The number of nitrogens with zero attached hydrogens (tertiary/aromatic N) is 1. The summed E-state index contributed by atoms with van der Waals surface area (Å²) in [6.07, 6.45) is 1.63. The normalized spacial score (nSPS) is 10.4. The van der Waals surface area contributed by atoms with Crippen LogP contribution >= 0.6 is 27.7 Å². The molecule has 0 radical (unpaired) electrons. The van der Waals surface area contributed by atoms with Crippen molar-refractivity contribution in [3.8, 4) is 5.75 Å². The molecule has 3 nitrogen and oxygen atoms in total. The molecular weight excluding hydrogens is 333 g/mol. The van der Waals surface area contributed by atoms with E-state index in [0.717, 1.165) is 16.6 Å². The van der Waals surface area contributed by atoms with E-state index in [1.54, 1.807) is 12.3 Å². The molecule has 0 aliphatic rings. The first-order valence-electron chi connectivity index (χ1n) is 5.32. The van der Waals surface area contributed by atoms with Crippen molar-refractivity contribution in [3.05, 3.63) is 52.4 Å². The van der Waals surface area contributed by atoms with E-state index in [4.69, 9.17) is 0 Å². The summed E-state index contributed by atoms with van der Waals surface area (Å²) < 4.78 is 13.9. The lowest BCUT2D eigenvalue weighted by atomic mass is 10.1. The first-order valence-corrected chi connectivity index (χ1v) is 7.10. The van der Waals surface area contributed by atoms with Crippen LogP contribution in [0.3, 0.4) is 0 Å². The third kappa shape index (κ3) is 3.78. The molecule has 0 unspecified atom stereocenters. The van der Waals surface area contributed by atoms with E-state index in [0.29, 0.717) is 5.03 Å². The minimum Gasteiger partial charge on any atom is -0.507 e. The zero-order chi connectivity index (χ0) is 13.8. The third-order valence-electron chi connectivity index (χ3n) is 2.31. The molecule has 0 saturated heterocycles. The second-order valence-electron chi connectivity index (χ2n) is 3.69. The molecule has 0 atom stereocenters. The van der Waals surface area contributed by atoms with Crippen LogP contribution in [-0.2, 0) is 0 Å². The predicted octanol–water partition coefficient (Wildman–Crippen LogP) is 3.66. The number of ketones is 1. The highest BCUT2D eigenvalue weighted by atomic mass is 79.9. The molecule has 2 rings (SSSR count). The fraction of sp³-hybridized carbons (Fsp3) is 0.0769. The van der Waals surface area contributed by atoms with E-state index >= 15 is 0 Å². The zero-order valence-corrected chi connectivity index (χ0v) is 12.0. The number of aromatic nitrogens is 1. The molecule has 0 aliphatic carbocycles. The molecule has 1 heterocycles. The van der Waals surface area contributed by atoms with Crippen molar-refractivity contribution in [3.63, 3.8) is 0 Å². The molecule has 0 bridgehead atoms. The van der Waals surface area contributed by atoms with Crippen LogP contribution in [0.2, 0.25) is 0 Å². The summed E-state index contributed by atoms with van der Waals surface area (Å²) in [5.74, 6) is -1.01. The molecule has 6 heteroatoms. The molecule has 0 spiro atoms. The Morgan fingerprint density at radius 2 is 2.16 bits per heavy atom. The maximum absolute atomic E-state index is 13.0. The number of phenolic OH excluding ortho intramolecular Hbond substituents is 1. The monoisotopic (exact) mass is 341 g/mol. The largest absolute Gasteiger partial charge is 0.507 e. The van der Waals surface area contributed by atoms with Gasteiger partial charge >= 0.3 is 0 Å². The molecule has 2 aromatic rings. The number of benzene rings is 1. The highest BCUT2D eigenvalue weighted by molar-refractivity contribution is 9.10. The number of rotatable bonds is 4. The van der Waals surface area contributed by atoms with E-state index < -0.39 is 5.82 Å². The SMILES string of the molecule is O=C(CSc1ccc(Br)cn1)c1cc(F)ccc1O. The van der Waals surface area contributed by atoms with Gasteiger partial charge in [-0.25, -0.2) is 9.37 Å². The van der Waals surface area contributed by atoms with Gasteiger partial charge in [0.1, 0.15) is 11.6 Å². The van der Waals surface area contributed by atoms with Crippen molar-refractivity contribution >= 4 is 33.5 Å². The summed E-state index contributed by atoms with van der Waals surface area (Å²) in [5, 5.41) is 10.2. The number of Topliss-reactive ketones (excluding diaryl/α,β-unsaturated/α-hetero) is 1. The van der Waals surface area contributed by atoms with Gasteiger partial charge in [0.2, 0.25) is 0 Å². The summed E-state index contributed by atoms with van der Waals surface area (Å²) >= 11 is 4.50. The lowest BCUT2D eigenvalue weighted by Gasteiger charge is -2.04. The molecule has 0 fully saturated rings. The molecule has 1 aromatic heterocycles. The Balaban J connectivity index is 2.05. The third-order valence-corrected chi connectivity index (χ3v) is 3.72. The number of hydrogen-bond donors (Lipinski definition) is 1. The van der Waals surface area contributed by atoms with Gasteiger partial charge in [-0.2, -0.15) is 0 Å². The van der Waals surface area contributed by atoms with Gasteiger partial charge in [0, 0.05) is 10.7 Å². The Labute approximate surface area is 122 Å². The van der Waals surface area contributed by atoms with Crippen LogP contribution in [0.25, 0.3) is 0 Å². The van der Waals surface area contributed by atoms with Crippen molar-refractivity contribution in [2.24, 2.45) is 0 Å². The lowest BCUT2D eigenvalue weighted by Crippen LogP contribution is -2.03. The molecule has 0 saturated carbocycles. The van der Waals surface area contributed by atoms with Gasteiger partial charge in [-0.15, -0.1) is 0 Å². The number of thioether (sulfide) groups is 1. The first kappa shape index (κ1) is 14.0. The summed E-state index contributed by atoms with van der Waals surface area (Å²) in [7, 11) is 0. The second kappa shape index (κ2) is 6.16. The standard InChI is InChI=1S/C13H9BrFNO2S/c14-8-1-4-13(16-6-8)19-7-12(18)10-5-9(15)2-3-11(10)17/h1-6,17H,7H2. The highest BCUT2D eigenvalue weighted by Crippen LogP contribution is 2.23. The Hall–Kier alpha value is -1.40. The smallest absolute Gasteiger partial charge is 0.176 e. The minimum atomic E-state index is -0.548. The number of pyridine rings is 1. The predicted molar refractivity (Wildman–Crippen MR) is 75.1 cm³/mol. The number of phenols is 1. The van der Waals surface area contributed by atoms with Crippen LogP contribution < -0.4 is 0 Å². The fourth-order valence-corrected chi connectivity index (χ4v) is 2.36. The van der Waals surface area contributed by atoms with Gasteiger partial charge in [0.05, 0.1) is 16.3 Å². The van der Waals surface area contributed by atoms with E-state index in [-0.39, 0.29) is 22.8 Å². The number of carbonyl (C=O) groups is 1. The second-order valence-corrected chi connectivity index (χ2v) is 5.60. The Bertz CT molecular complexity index is 604. The van der Waals surface area contributed by atoms with Crippen molar-refractivity contribution in [1.82, 2.24) is 4.98 Å². The Morgan fingerprint density at radius 3 is 2.84 bits per heavy atom. The maximum Gasteiger partial charge on any atom is 0.176 e. The number of hydrogen-bond acceptors (Lipinski definition) is 4. The van der Waals surface area contributed by atoms with Crippen LogP contribution in [-0.4, -0.2) is 21.6 Å². The molecule has 1 N–H and O–H groups in total. The van der Waals surface area contributed by atoms with Gasteiger partial charge in [-0.05, 0) is 46.3 Å². The van der Waals surface area contributed by atoms with E-state index in [1.807, 2.05) is 6.07 Å². The van der Waals surface area contributed by atoms with Gasteiger partial charge in [0.15, 0.2) is 5.78 Å². The quantitative estimate of drug-likeness (QED) is 0.681. The topological polar surface area (TPSA) is 50.2 Å². The van der Waals surface area contributed by atoms with E-state index in [1.165, 1.54) is 17.8 Å². The molecule has 0 aliphatic heterocycles. The van der Waals surface area contributed by atoms with Crippen molar-refractivity contribution in [2.45, 2.75) is 5.03 Å².